The Bertz CT molecular complexity index is 333. The van der Waals surface area contributed by atoms with Crippen molar-refractivity contribution in [3.05, 3.63) is 0 Å². The summed E-state index contributed by atoms with van der Waals surface area (Å²) in [7, 11) is 0. The van der Waals surface area contributed by atoms with Crippen molar-refractivity contribution < 1.29 is 13.6 Å². The van der Waals surface area contributed by atoms with E-state index in [4.69, 9.17) is 0 Å². The van der Waals surface area contributed by atoms with Crippen molar-refractivity contribution in [3.63, 3.8) is 0 Å². The number of rotatable bonds is 5. The fourth-order valence-corrected chi connectivity index (χ4v) is 3.50. The fourth-order valence-electron chi connectivity index (χ4n) is 3.50. The molecule has 1 heterocycles. The lowest BCUT2D eigenvalue weighted by molar-refractivity contribution is -0.140. The lowest BCUT2D eigenvalue weighted by Gasteiger charge is -2.34. The normalized spacial score (nSPS) is 26.5. The summed E-state index contributed by atoms with van der Waals surface area (Å²) in [6, 6.07) is 0. The smallest absolute Gasteiger partial charge is 0.248 e. The third-order valence-electron chi connectivity index (χ3n) is 4.75. The second kappa shape index (κ2) is 7.52. The van der Waals surface area contributed by atoms with Crippen LogP contribution >= 0.6 is 0 Å². The highest BCUT2D eigenvalue weighted by atomic mass is 19.3. The van der Waals surface area contributed by atoms with Gasteiger partial charge < -0.3 is 10.2 Å². The maximum Gasteiger partial charge on any atom is 0.248 e. The quantitative estimate of drug-likeness (QED) is 0.846. The predicted molar refractivity (Wildman–Crippen MR) is 79.4 cm³/mol. The minimum Gasteiger partial charge on any atom is -0.342 e. The average molecular weight is 302 g/mol. The minimum atomic E-state index is -2.56. The Hall–Kier alpha value is -0.710. The molecule has 0 aromatic heterocycles. The Balaban J connectivity index is 1.89. The minimum absolute atomic E-state index is 0.109. The van der Waals surface area contributed by atoms with Crippen LogP contribution < -0.4 is 5.32 Å². The summed E-state index contributed by atoms with van der Waals surface area (Å²) in [4.78, 5) is 14.6. The van der Waals surface area contributed by atoms with E-state index in [9.17, 15) is 13.6 Å². The van der Waals surface area contributed by atoms with Crippen molar-refractivity contribution in [2.45, 2.75) is 57.8 Å². The first-order valence-electron chi connectivity index (χ1n) is 8.39. The van der Waals surface area contributed by atoms with Crippen LogP contribution in [0.25, 0.3) is 0 Å². The maximum absolute atomic E-state index is 13.2. The second-order valence-corrected chi connectivity index (χ2v) is 6.63. The number of halogens is 2. The largest absolute Gasteiger partial charge is 0.342 e. The molecule has 122 valence electrons. The molecule has 0 radical (unpaired) electrons. The highest BCUT2D eigenvalue weighted by molar-refractivity contribution is 5.79. The van der Waals surface area contributed by atoms with Crippen LogP contribution in [0.3, 0.4) is 0 Å². The molecule has 1 amide bonds. The first-order valence-corrected chi connectivity index (χ1v) is 8.39. The Morgan fingerprint density at radius 3 is 2.57 bits per heavy atom. The number of nitrogens with one attached hydrogen (secondary N) is 1. The van der Waals surface area contributed by atoms with Gasteiger partial charge in [-0.2, -0.15) is 0 Å². The van der Waals surface area contributed by atoms with Gasteiger partial charge in [-0.1, -0.05) is 6.92 Å². The van der Waals surface area contributed by atoms with Crippen LogP contribution in [0, 0.1) is 11.8 Å². The molecule has 0 spiro atoms. The van der Waals surface area contributed by atoms with Gasteiger partial charge in [0, 0.05) is 31.8 Å². The number of hydrogen-bond donors (Lipinski definition) is 1. The second-order valence-electron chi connectivity index (χ2n) is 6.63. The van der Waals surface area contributed by atoms with Gasteiger partial charge >= 0.3 is 0 Å². The Morgan fingerprint density at radius 1 is 1.29 bits per heavy atom. The SMILES string of the molecule is CCCN(CC1CCCNC1)C(=O)C1CCC(F)(F)CC1. The third kappa shape index (κ3) is 4.90. The van der Waals surface area contributed by atoms with Crippen LogP contribution in [-0.4, -0.2) is 42.9 Å². The zero-order chi connectivity index (χ0) is 15.3. The number of piperidine rings is 1. The van der Waals surface area contributed by atoms with E-state index in [0.717, 1.165) is 45.4 Å². The molecule has 1 N–H and O–H groups in total. The zero-order valence-electron chi connectivity index (χ0n) is 13.0. The van der Waals surface area contributed by atoms with Gasteiger partial charge in [-0.05, 0) is 51.1 Å². The molecular formula is C16H28F2N2O. The Kier molecular flexibility index (Phi) is 5.97. The van der Waals surface area contributed by atoms with E-state index in [0.29, 0.717) is 18.8 Å². The van der Waals surface area contributed by atoms with Crippen molar-refractivity contribution in [2.75, 3.05) is 26.2 Å². The highest BCUT2D eigenvalue weighted by Gasteiger charge is 2.38. The summed E-state index contributed by atoms with van der Waals surface area (Å²) in [5.74, 6) is -2.12. The molecule has 5 heteroatoms. The van der Waals surface area contributed by atoms with Crippen LogP contribution in [0.5, 0.6) is 0 Å². The molecule has 0 aromatic carbocycles. The van der Waals surface area contributed by atoms with E-state index in [1.165, 1.54) is 0 Å². The van der Waals surface area contributed by atoms with Crippen molar-refractivity contribution in [2.24, 2.45) is 11.8 Å². The van der Waals surface area contributed by atoms with Crippen LogP contribution in [0.15, 0.2) is 0 Å². The first kappa shape index (κ1) is 16.7. The number of amides is 1. The van der Waals surface area contributed by atoms with Gasteiger partial charge in [-0.15, -0.1) is 0 Å². The highest BCUT2D eigenvalue weighted by Crippen LogP contribution is 2.37. The number of carbonyl (C=O) groups is 1. The number of alkyl halides is 2. The van der Waals surface area contributed by atoms with Crippen LogP contribution in [0.4, 0.5) is 8.78 Å². The lowest BCUT2D eigenvalue weighted by atomic mass is 9.85. The fraction of sp³-hybridized carbons (Fsp3) is 0.938. The average Bonchev–Trinajstić information content (AvgIpc) is 2.47. The van der Waals surface area contributed by atoms with Gasteiger partial charge in [0.2, 0.25) is 11.8 Å². The van der Waals surface area contributed by atoms with E-state index in [1.807, 2.05) is 4.90 Å². The van der Waals surface area contributed by atoms with Crippen LogP contribution in [0.2, 0.25) is 0 Å². The molecule has 0 aromatic rings. The molecule has 1 aliphatic heterocycles. The maximum atomic E-state index is 13.2. The number of nitrogens with zero attached hydrogens (tertiary/aromatic N) is 1. The van der Waals surface area contributed by atoms with Gasteiger partial charge in [0.25, 0.3) is 0 Å². The van der Waals surface area contributed by atoms with Gasteiger partial charge in [0.1, 0.15) is 0 Å². The van der Waals surface area contributed by atoms with Crippen molar-refractivity contribution >= 4 is 5.91 Å². The summed E-state index contributed by atoms with van der Waals surface area (Å²) in [6.07, 6.45) is 3.67. The van der Waals surface area contributed by atoms with Crippen molar-refractivity contribution in [1.29, 1.82) is 0 Å². The number of carbonyl (C=O) groups excluding carboxylic acids is 1. The predicted octanol–water partition coefficient (Wildman–Crippen LogP) is 3.05. The molecular weight excluding hydrogens is 274 g/mol. The van der Waals surface area contributed by atoms with Gasteiger partial charge in [0.05, 0.1) is 0 Å². The van der Waals surface area contributed by atoms with E-state index >= 15 is 0 Å². The van der Waals surface area contributed by atoms with E-state index in [1.54, 1.807) is 0 Å². The molecule has 1 unspecified atom stereocenters. The molecule has 1 saturated heterocycles. The van der Waals surface area contributed by atoms with Gasteiger partial charge in [-0.25, -0.2) is 8.78 Å². The molecule has 2 aliphatic rings. The van der Waals surface area contributed by atoms with E-state index in [2.05, 4.69) is 12.2 Å². The molecule has 1 atom stereocenters. The summed E-state index contributed by atoms with van der Waals surface area (Å²) in [5, 5.41) is 3.37. The molecule has 2 fully saturated rings. The van der Waals surface area contributed by atoms with Crippen molar-refractivity contribution in [3.8, 4) is 0 Å². The summed E-state index contributed by atoms with van der Waals surface area (Å²) in [5.41, 5.74) is 0. The van der Waals surface area contributed by atoms with E-state index < -0.39 is 5.92 Å². The molecule has 2 rings (SSSR count). The molecule has 1 saturated carbocycles. The van der Waals surface area contributed by atoms with Gasteiger partial charge in [0.15, 0.2) is 0 Å². The summed E-state index contributed by atoms with van der Waals surface area (Å²) >= 11 is 0. The Morgan fingerprint density at radius 2 is 2.00 bits per heavy atom. The third-order valence-corrected chi connectivity index (χ3v) is 4.75. The molecule has 1 aliphatic carbocycles. The number of hydrogen-bond acceptors (Lipinski definition) is 2. The van der Waals surface area contributed by atoms with Crippen LogP contribution in [0.1, 0.15) is 51.9 Å². The lowest BCUT2D eigenvalue weighted by Crippen LogP contribution is -2.44. The molecule has 0 bridgehead atoms. The molecule has 21 heavy (non-hydrogen) atoms. The zero-order valence-corrected chi connectivity index (χ0v) is 13.0. The standard InChI is InChI=1S/C16H28F2N2O/c1-2-10-20(12-13-4-3-9-19-11-13)15(21)14-5-7-16(17,18)8-6-14/h13-14,19H,2-12H2,1H3. The van der Waals surface area contributed by atoms with Crippen LogP contribution in [-0.2, 0) is 4.79 Å². The summed E-state index contributed by atoms with van der Waals surface area (Å²) in [6.45, 7) is 5.63. The topological polar surface area (TPSA) is 32.3 Å². The summed E-state index contributed by atoms with van der Waals surface area (Å²) < 4.78 is 26.5. The monoisotopic (exact) mass is 302 g/mol. The van der Waals surface area contributed by atoms with Gasteiger partial charge in [-0.3, -0.25) is 4.79 Å². The van der Waals surface area contributed by atoms with E-state index in [-0.39, 0.29) is 24.7 Å². The Labute approximate surface area is 126 Å². The molecule has 3 nitrogen and oxygen atoms in total. The first-order chi connectivity index (χ1) is 10.0. The van der Waals surface area contributed by atoms with Crippen molar-refractivity contribution in [1.82, 2.24) is 10.2 Å².